The number of nitro groups is 2. The highest BCUT2D eigenvalue weighted by Gasteiger charge is 2.20. The van der Waals surface area contributed by atoms with Crippen molar-refractivity contribution in [2.24, 2.45) is 0 Å². The minimum atomic E-state index is -0.801. The molecule has 0 saturated heterocycles. The molecule has 3 aromatic carbocycles. The zero-order valence-corrected chi connectivity index (χ0v) is 15.6. The van der Waals surface area contributed by atoms with Crippen LogP contribution in [0.4, 0.5) is 22.7 Å². The molecule has 3 aromatic rings. The summed E-state index contributed by atoms with van der Waals surface area (Å²) in [5.74, 6) is -2.02. The van der Waals surface area contributed by atoms with Crippen molar-refractivity contribution >= 4 is 34.6 Å². The molecule has 0 aliphatic carbocycles. The number of hydrogen-bond donors (Lipinski definition) is 3. The van der Waals surface area contributed by atoms with Gasteiger partial charge in [0.15, 0.2) is 0 Å². The van der Waals surface area contributed by atoms with E-state index in [2.05, 4.69) is 10.6 Å². The molecule has 3 rings (SSSR count). The van der Waals surface area contributed by atoms with Gasteiger partial charge in [0.2, 0.25) is 0 Å². The molecule has 31 heavy (non-hydrogen) atoms. The Kier molecular flexibility index (Phi) is 5.87. The molecule has 0 heterocycles. The van der Waals surface area contributed by atoms with Gasteiger partial charge in [-0.05, 0) is 30.3 Å². The van der Waals surface area contributed by atoms with E-state index in [1.54, 1.807) is 0 Å². The highest BCUT2D eigenvalue weighted by atomic mass is 16.6. The lowest BCUT2D eigenvalue weighted by Gasteiger charge is -2.09. The lowest BCUT2D eigenvalue weighted by molar-refractivity contribution is -0.384. The summed E-state index contributed by atoms with van der Waals surface area (Å²) in [6.07, 6.45) is 0. The van der Waals surface area contributed by atoms with Crippen molar-refractivity contribution in [3.05, 3.63) is 98.1 Å². The van der Waals surface area contributed by atoms with Gasteiger partial charge in [0.1, 0.15) is 17.1 Å². The molecule has 11 heteroatoms. The SMILES string of the molecule is O=C(Nc1ccccc1[N+](=O)[O-])c1cc(O)cc(C(=O)Nc2ccccc2[N+](=O)[O-])c1. The Morgan fingerprint density at radius 3 is 1.48 bits per heavy atom. The monoisotopic (exact) mass is 422 g/mol. The second kappa shape index (κ2) is 8.69. The predicted molar refractivity (Wildman–Crippen MR) is 110 cm³/mol. The number of amides is 2. The number of carbonyl (C=O) groups excluding carboxylic acids is 2. The van der Waals surface area contributed by atoms with Crippen LogP contribution in [0, 0.1) is 20.2 Å². The Balaban J connectivity index is 1.87. The summed E-state index contributed by atoms with van der Waals surface area (Å²) in [6, 6.07) is 14.3. The molecule has 11 nitrogen and oxygen atoms in total. The molecule has 0 spiro atoms. The number of phenolic OH excluding ortho intramolecular Hbond substituents is 1. The molecule has 0 fully saturated rings. The van der Waals surface area contributed by atoms with Gasteiger partial charge < -0.3 is 15.7 Å². The molecule has 3 N–H and O–H groups in total. The molecule has 0 radical (unpaired) electrons. The van der Waals surface area contributed by atoms with Crippen LogP contribution in [0.2, 0.25) is 0 Å². The number of nitrogens with zero attached hydrogens (tertiary/aromatic N) is 2. The van der Waals surface area contributed by atoms with Crippen LogP contribution in [0.1, 0.15) is 20.7 Å². The van der Waals surface area contributed by atoms with E-state index in [0.717, 1.165) is 18.2 Å². The van der Waals surface area contributed by atoms with Crippen LogP contribution in [-0.4, -0.2) is 26.8 Å². The number of rotatable bonds is 6. The number of para-hydroxylation sites is 4. The quantitative estimate of drug-likeness (QED) is 0.402. The summed E-state index contributed by atoms with van der Waals surface area (Å²) in [4.78, 5) is 46.0. The van der Waals surface area contributed by atoms with E-state index < -0.39 is 27.4 Å². The van der Waals surface area contributed by atoms with Gasteiger partial charge >= 0.3 is 0 Å². The van der Waals surface area contributed by atoms with Gasteiger partial charge in [0, 0.05) is 23.3 Å². The standard InChI is InChI=1S/C20H14N4O7/c25-14-10-12(19(26)21-15-5-1-3-7-17(15)23(28)29)9-13(11-14)20(27)22-16-6-2-4-8-18(16)24(30)31/h1-11,25H,(H,21,26)(H,22,27). The first kappa shape index (κ1) is 20.9. The maximum absolute atomic E-state index is 12.6. The zero-order valence-electron chi connectivity index (χ0n) is 15.6. The van der Waals surface area contributed by atoms with Crippen LogP contribution < -0.4 is 10.6 Å². The second-order valence-corrected chi connectivity index (χ2v) is 6.23. The normalized spacial score (nSPS) is 10.2. The average molecular weight is 422 g/mol. The third kappa shape index (κ3) is 4.79. The lowest BCUT2D eigenvalue weighted by atomic mass is 10.1. The van der Waals surface area contributed by atoms with E-state index >= 15 is 0 Å². The number of phenols is 1. The highest BCUT2D eigenvalue weighted by molar-refractivity contribution is 6.10. The van der Waals surface area contributed by atoms with E-state index in [0.29, 0.717) is 0 Å². The molecule has 0 bridgehead atoms. The number of nitro benzene ring substituents is 2. The van der Waals surface area contributed by atoms with E-state index in [4.69, 9.17) is 0 Å². The third-order valence-corrected chi connectivity index (χ3v) is 4.14. The lowest BCUT2D eigenvalue weighted by Crippen LogP contribution is -2.16. The first-order valence-electron chi connectivity index (χ1n) is 8.70. The van der Waals surface area contributed by atoms with Crippen molar-refractivity contribution in [3.63, 3.8) is 0 Å². The first-order chi connectivity index (χ1) is 14.8. The molecule has 156 valence electrons. The van der Waals surface area contributed by atoms with Gasteiger partial charge in [-0.15, -0.1) is 0 Å². The number of carbonyl (C=O) groups is 2. The number of nitrogens with one attached hydrogen (secondary N) is 2. The van der Waals surface area contributed by atoms with Crippen molar-refractivity contribution in [1.29, 1.82) is 0 Å². The minimum absolute atomic E-state index is 0.0632. The van der Waals surface area contributed by atoms with Crippen LogP contribution in [0.3, 0.4) is 0 Å². The van der Waals surface area contributed by atoms with Gasteiger partial charge in [-0.1, -0.05) is 24.3 Å². The second-order valence-electron chi connectivity index (χ2n) is 6.23. The zero-order chi connectivity index (χ0) is 22.5. The summed E-state index contributed by atoms with van der Waals surface area (Å²) in [5, 5.41) is 36.9. The van der Waals surface area contributed by atoms with Crippen LogP contribution in [0.5, 0.6) is 5.75 Å². The molecule has 0 saturated carbocycles. The van der Waals surface area contributed by atoms with Crippen LogP contribution in [0.25, 0.3) is 0 Å². The summed E-state index contributed by atoms with van der Waals surface area (Å²) in [7, 11) is 0. The van der Waals surface area contributed by atoms with E-state index in [9.17, 15) is 34.9 Å². The summed E-state index contributed by atoms with van der Waals surface area (Å²) < 4.78 is 0. The first-order valence-corrected chi connectivity index (χ1v) is 8.70. The number of hydrogen-bond acceptors (Lipinski definition) is 7. The molecule has 0 unspecified atom stereocenters. The minimum Gasteiger partial charge on any atom is -0.508 e. The predicted octanol–water partition coefficient (Wildman–Crippen LogP) is 3.71. The van der Waals surface area contributed by atoms with Crippen molar-refractivity contribution in [2.45, 2.75) is 0 Å². The fourth-order valence-electron chi connectivity index (χ4n) is 2.74. The van der Waals surface area contributed by atoms with Gasteiger partial charge in [-0.3, -0.25) is 29.8 Å². The molecular weight excluding hydrogens is 408 g/mol. The largest absolute Gasteiger partial charge is 0.508 e. The van der Waals surface area contributed by atoms with Crippen molar-refractivity contribution < 1.29 is 24.5 Å². The fraction of sp³-hybridized carbons (Fsp3) is 0. The number of aromatic hydroxyl groups is 1. The summed E-state index contributed by atoms with van der Waals surface area (Å²) in [6.45, 7) is 0. The number of benzene rings is 3. The Bertz CT molecular complexity index is 1120. The molecule has 2 amide bonds. The van der Waals surface area contributed by atoms with Gasteiger partial charge in [0.05, 0.1) is 9.85 Å². The topological polar surface area (TPSA) is 165 Å². The smallest absolute Gasteiger partial charge is 0.292 e. The van der Waals surface area contributed by atoms with Crippen molar-refractivity contribution in [2.75, 3.05) is 10.6 Å². The maximum Gasteiger partial charge on any atom is 0.292 e. The summed E-state index contributed by atoms with van der Waals surface area (Å²) in [5.41, 5.74) is -1.08. The Morgan fingerprint density at radius 2 is 1.10 bits per heavy atom. The Labute approximate surface area is 174 Å². The third-order valence-electron chi connectivity index (χ3n) is 4.14. The van der Waals surface area contributed by atoms with Gasteiger partial charge in [-0.2, -0.15) is 0 Å². The molecule has 0 aliphatic rings. The van der Waals surface area contributed by atoms with Gasteiger partial charge in [0.25, 0.3) is 23.2 Å². The van der Waals surface area contributed by atoms with E-state index in [1.807, 2.05) is 0 Å². The Morgan fingerprint density at radius 1 is 0.710 bits per heavy atom. The van der Waals surface area contributed by atoms with E-state index in [1.165, 1.54) is 48.5 Å². The van der Waals surface area contributed by atoms with Gasteiger partial charge in [-0.25, -0.2) is 0 Å². The van der Waals surface area contributed by atoms with Crippen LogP contribution >= 0.6 is 0 Å². The highest BCUT2D eigenvalue weighted by Crippen LogP contribution is 2.26. The van der Waals surface area contributed by atoms with Crippen molar-refractivity contribution in [1.82, 2.24) is 0 Å². The Hall–Kier alpha value is -4.80. The van der Waals surface area contributed by atoms with Crippen molar-refractivity contribution in [3.8, 4) is 5.75 Å². The summed E-state index contributed by atoms with van der Waals surface area (Å²) >= 11 is 0. The maximum atomic E-state index is 12.6. The van der Waals surface area contributed by atoms with Crippen LogP contribution in [0.15, 0.2) is 66.7 Å². The molecular formula is C20H14N4O7. The molecule has 0 aromatic heterocycles. The molecule has 0 aliphatic heterocycles. The number of anilines is 2. The molecule has 0 atom stereocenters. The average Bonchev–Trinajstić information content (AvgIpc) is 2.73. The van der Waals surface area contributed by atoms with Crippen LogP contribution in [-0.2, 0) is 0 Å². The fourth-order valence-corrected chi connectivity index (χ4v) is 2.74. The van der Waals surface area contributed by atoms with E-state index in [-0.39, 0.29) is 33.9 Å².